The van der Waals surface area contributed by atoms with Crippen LogP contribution in [0.25, 0.3) is 10.8 Å². The SMILES string of the molecule is CC(c1cccc2ccccc12)N(C)C(=O)C(C)(Cc1ccc(OCc2ccccc2)c(OCc2ccccc2)c1)NC(=O)c1ccccc1. The second-order valence-corrected chi connectivity index (χ2v) is 12.8. The van der Waals surface area contributed by atoms with E-state index in [4.69, 9.17) is 9.47 Å². The van der Waals surface area contributed by atoms with Gasteiger partial charge in [0.1, 0.15) is 18.8 Å². The number of amides is 2. The number of fused-ring (bicyclic) bond motifs is 1. The maximum atomic E-state index is 14.7. The molecule has 0 saturated carbocycles. The summed E-state index contributed by atoms with van der Waals surface area (Å²) in [5.41, 5.74) is 3.08. The van der Waals surface area contributed by atoms with Crippen LogP contribution in [-0.2, 0) is 24.4 Å². The second-order valence-electron chi connectivity index (χ2n) is 12.8. The van der Waals surface area contributed by atoms with E-state index in [1.807, 2.05) is 122 Å². The van der Waals surface area contributed by atoms with Crippen LogP contribution in [0.4, 0.5) is 0 Å². The molecule has 6 aromatic carbocycles. The van der Waals surface area contributed by atoms with E-state index in [0.717, 1.165) is 33.0 Å². The van der Waals surface area contributed by atoms with Gasteiger partial charge in [0, 0.05) is 19.0 Å². The topological polar surface area (TPSA) is 67.9 Å². The number of nitrogens with one attached hydrogen (secondary N) is 1. The normalized spacial score (nSPS) is 12.8. The quantitative estimate of drug-likeness (QED) is 0.134. The number of carbonyl (C=O) groups is 2. The number of ether oxygens (including phenoxy) is 2. The zero-order valence-electron chi connectivity index (χ0n) is 28.7. The molecule has 2 atom stereocenters. The average molecular weight is 663 g/mol. The molecule has 0 spiro atoms. The second kappa shape index (κ2) is 15.6. The van der Waals surface area contributed by atoms with Gasteiger partial charge in [0.25, 0.3) is 5.91 Å². The summed E-state index contributed by atoms with van der Waals surface area (Å²) in [5.74, 6) is 0.620. The molecule has 1 N–H and O–H groups in total. The molecule has 0 saturated heterocycles. The minimum Gasteiger partial charge on any atom is -0.485 e. The van der Waals surface area contributed by atoms with Crippen LogP contribution >= 0.6 is 0 Å². The monoisotopic (exact) mass is 662 g/mol. The van der Waals surface area contributed by atoms with Crippen LogP contribution in [0.3, 0.4) is 0 Å². The van der Waals surface area contributed by atoms with Crippen molar-refractivity contribution in [2.45, 2.75) is 45.1 Å². The smallest absolute Gasteiger partial charge is 0.252 e. The lowest BCUT2D eigenvalue weighted by Crippen LogP contribution is -2.58. The molecule has 0 aliphatic rings. The molecule has 6 rings (SSSR count). The number of rotatable bonds is 13. The first-order chi connectivity index (χ1) is 24.3. The molecule has 6 nitrogen and oxygen atoms in total. The highest BCUT2D eigenvalue weighted by atomic mass is 16.5. The molecule has 252 valence electrons. The fraction of sp³-hybridized carbons (Fsp3) is 0.182. The Hall–Kier alpha value is -5.88. The summed E-state index contributed by atoms with van der Waals surface area (Å²) < 4.78 is 12.6. The highest BCUT2D eigenvalue weighted by molar-refractivity contribution is 5.99. The van der Waals surface area contributed by atoms with Crippen LogP contribution < -0.4 is 14.8 Å². The Morgan fingerprint density at radius 2 is 1.22 bits per heavy atom. The van der Waals surface area contributed by atoms with Crippen molar-refractivity contribution >= 4 is 22.6 Å². The summed E-state index contributed by atoms with van der Waals surface area (Å²) in [6, 6.07) is 48.7. The van der Waals surface area contributed by atoms with Crippen molar-refractivity contribution < 1.29 is 19.1 Å². The molecular formula is C44H42N2O4. The molecule has 2 unspecified atom stereocenters. The Morgan fingerprint density at radius 3 is 1.88 bits per heavy atom. The molecule has 0 radical (unpaired) electrons. The van der Waals surface area contributed by atoms with Crippen LogP contribution in [0.5, 0.6) is 11.5 Å². The standard InChI is InChI=1S/C44H42N2O4/c1-32(38-25-15-23-36-20-13-14-24-39(36)38)46(3)43(48)44(2,45-42(47)37-21-11-6-12-22-37)29-35-26-27-40(49-30-33-16-7-4-8-17-33)41(28-35)50-31-34-18-9-5-10-19-34/h4-28,32H,29-31H2,1-3H3,(H,45,47). The summed E-state index contributed by atoms with van der Waals surface area (Å²) in [7, 11) is 1.80. The maximum Gasteiger partial charge on any atom is 0.252 e. The molecule has 0 aliphatic heterocycles. The number of carbonyl (C=O) groups excluding carboxylic acids is 2. The summed E-state index contributed by atoms with van der Waals surface area (Å²) in [5, 5.41) is 5.31. The number of benzene rings is 6. The van der Waals surface area contributed by atoms with Gasteiger partial charge in [-0.3, -0.25) is 9.59 Å². The molecule has 6 aromatic rings. The first kappa shape index (κ1) is 34.0. The molecule has 6 heteroatoms. The van der Waals surface area contributed by atoms with E-state index < -0.39 is 5.54 Å². The van der Waals surface area contributed by atoms with Gasteiger partial charge in [0.15, 0.2) is 11.5 Å². The molecule has 0 aromatic heterocycles. The number of likely N-dealkylation sites (N-methyl/N-ethyl adjacent to an activating group) is 1. The number of hydrogen-bond donors (Lipinski definition) is 1. The maximum absolute atomic E-state index is 14.7. The van der Waals surface area contributed by atoms with E-state index in [1.165, 1.54) is 0 Å². The van der Waals surface area contributed by atoms with E-state index in [-0.39, 0.29) is 24.3 Å². The Kier molecular flexibility index (Phi) is 10.6. The Labute approximate surface area is 294 Å². The van der Waals surface area contributed by atoms with Crippen molar-refractivity contribution in [3.8, 4) is 11.5 Å². The summed E-state index contributed by atoms with van der Waals surface area (Å²) >= 11 is 0. The van der Waals surface area contributed by atoms with E-state index in [0.29, 0.717) is 30.3 Å². The zero-order chi connectivity index (χ0) is 34.9. The van der Waals surface area contributed by atoms with Crippen molar-refractivity contribution in [1.82, 2.24) is 10.2 Å². The lowest BCUT2D eigenvalue weighted by Gasteiger charge is -2.37. The van der Waals surface area contributed by atoms with Gasteiger partial charge in [-0.05, 0) is 71.1 Å². The summed E-state index contributed by atoms with van der Waals surface area (Å²) in [6.45, 7) is 4.54. The lowest BCUT2D eigenvalue weighted by molar-refractivity contribution is -0.138. The van der Waals surface area contributed by atoms with E-state index in [2.05, 4.69) is 29.6 Å². The minimum absolute atomic E-state index is 0.210. The predicted octanol–water partition coefficient (Wildman–Crippen LogP) is 8.95. The minimum atomic E-state index is -1.30. The van der Waals surface area contributed by atoms with Gasteiger partial charge in [0.2, 0.25) is 5.91 Å². The van der Waals surface area contributed by atoms with E-state index >= 15 is 0 Å². The van der Waals surface area contributed by atoms with Crippen LogP contribution in [0.2, 0.25) is 0 Å². The van der Waals surface area contributed by atoms with Crippen molar-refractivity contribution in [2.24, 2.45) is 0 Å². The van der Waals surface area contributed by atoms with Crippen LogP contribution in [0, 0.1) is 0 Å². The first-order valence-corrected chi connectivity index (χ1v) is 16.9. The van der Waals surface area contributed by atoms with Crippen molar-refractivity contribution in [3.63, 3.8) is 0 Å². The molecule has 0 heterocycles. The van der Waals surface area contributed by atoms with Gasteiger partial charge in [0.05, 0.1) is 6.04 Å². The van der Waals surface area contributed by atoms with Gasteiger partial charge in [-0.2, -0.15) is 0 Å². The third-order valence-corrected chi connectivity index (χ3v) is 9.11. The van der Waals surface area contributed by atoms with Gasteiger partial charge in [-0.25, -0.2) is 0 Å². The van der Waals surface area contributed by atoms with Gasteiger partial charge in [-0.1, -0.05) is 127 Å². The fourth-order valence-electron chi connectivity index (χ4n) is 6.25. The third-order valence-electron chi connectivity index (χ3n) is 9.11. The van der Waals surface area contributed by atoms with E-state index in [9.17, 15) is 9.59 Å². The van der Waals surface area contributed by atoms with Gasteiger partial charge >= 0.3 is 0 Å². The molecule has 0 fully saturated rings. The zero-order valence-corrected chi connectivity index (χ0v) is 28.7. The van der Waals surface area contributed by atoms with E-state index in [1.54, 1.807) is 31.0 Å². The van der Waals surface area contributed by atoms with Crippen LogP contribution in [-0.4, -0.2) is 29.3 Å². The highest BCUT2D eigenvalue weighted by Gasteiger charge is 2.39. The molecular weight excluding hydrogens is 620 g/mol. The Bertz CT molecular complexity index is 2040. The summed E-state index contributed by atoms with van der Waals surface area (Å²) in [4.78, 5) is 30.1. The van der Waals surface area contributed by atoms with Crippen molar-refractivity contribution in [3.05, 3.63) is 179 Å². The predicted molar refractivity (Wildman–Crippen MR) is 199 cm³/mol. The first-order valence-electron chi connectivity index (χ1n) is 16.9. The molecule has 50 heavy (non-hydrogen) atoms. The van der Waals surface area contributed by atoms with Crippen molar-refractivity contribution in [2.75, 3.05) is 7.05 Å². The lowest BCUT2D eigenvalue weighted by atomic mass is 9.89. The molecule has 2 amide bonds. The number of hydrogen-bond acceptors (Lipinski definition) is 4. The molecule has 0 aliphatic carbocycles. The summed E-state index contributed by atoms with van der Waals surface area (Å²) in [6.07, 6.45) is 0.220. The van der Waals surface area contributed by atoms with Crippen LogP contribution in [0.15, 0.2) is 152 Å². The largest absolute Gasteiger partial charge is 0.485 e. The van der Waals surface area contributed by atoms with Crippen LogP contribution in [0.1, 0.15) is 52.5 Å². The molecule has 0 bridgehead atoms. The fourth-order valence-corrected chi connectivity index (χ4v) is 6.25. The third kappa shape index (κ3) is 8.04. The van der Waals surface area contributed by atoms with Gasteiger partial charge < -0.3 is 19.7 Å². The van der Waals surface area contributed by atoms with Gasteiger partial charge in [-0.15, -0.1) is 0 Å². The average Bonchev–Trinajstić information content (AvgIpc) is 3.16. The highest BCUT2D eigenvalue weighted by Crippen LogP contribution is 2.33. The Balaban J connectivity index is 1.32. The Morgan fingerprint density at radius 1 is 0.660 bits per heavy atom. The van der Waals surface area contributed by atoms with Crippen molar-refractivity contribution in [1.29, 1.82) is 0 Å². The number of nitrogens with zero attached hydrogens (tertiary/aromatic N) is 1.